The van der Waals surface area contributed by atoms with Crippen molar-refractivity contribution in [3.05, 3.63) is 12.2 Å². The fraction of sp³-hybridized carbons (Fsp3) is 0.934. The third-order valence-electron chi connectivity index (χ3n) is 14.3. The molecule has 67 heavy (non-hydrogen) atoms. The standard InChI is InChI=1S/C61H119NO5/c1-3-5-7-9-11-13-15-33-37-41-45-49-53-59(64)58(57-63)62-60(65)54-50-46-42-38-34-31-29-27-25-23-21-19-17-18-20-22-24-26-28-30-32-36-40-44-48-52-56-67-61(66)55-51-47-43-39-35-16-14-12-10-8-6-4-2/h12,14,58-59,63-64H,3-11,13,15-57H2,1-2H3,(H,62,65)/b14-12-. The molecule has 3 N–H and O–H groups in total. The summed E-state index contributed by atoms with van der Waals surface area (Å²) in [6, 6.07) is -0.538. The van der Waals surface area contributed by atoms with Gasteiger partial charge in [0.2, 0.25) is 5.91 Å². The van der Waals surface area contributed by atoms with Crippen molar-refractivity contribution in [3.63, 3.8) is 0 Å². The van der Waals surface area contributed by atoms with Crippen molar-refractivity contribution in [3.8, 4) is 0 Å². The smallest absolute Gasteiger partial charge is 0.305 e. The van der Waals surface area contributed by atoms with E-state index in [4.69, 9.17) is 4.74 Å². The van der Waals surface area contributed by atoms with E-state index in [0.29, 0.717) is 25.9 Å². The Balaban J connectivity index is 3.33. The summed E-state index contributed by atoms with van der Waals surface area (Å²) in [5, 5.41) is 23.2. The van der Waals surface area contributed by atoms with Crippen LogP contribution < -0.4 is 5.32 Å². The zero-order valence-electron chi connectivity index (χ0n) is 45.4. The van der Waals surface area contributed by atoms with Crippen molar-refractivity contribution in [2.75, 3.05) is 13.2 Å². The molecule has 398 valence electrons. The van der Waals surface area contributed by atoms with E-state index in [1.54, 1.807) is 0 Å². The van der Waals surface area contributed by atoms with Crippen LogP contribution in [0, 0.1) is 0 Å². The van der Waals surface area contributed by atoms with Gasteiger partial charge in [0.05, 0.1) is 25.4 Å². The Kier molecular flexibility index (Phi) is 56.0. The quantitative estimate of drug-likeness (QED) is 0.0321. The minimum absolute atomic E-state index is 0.00752. The zero-order valence-corrected chi connectivity index (χ0v) is 45.4. The van der Waals surface area contributed by atoms with E-state index in [0.717, 1.165) is 44.9 Å². The normalized spacial score (nSPS) is 12.6. The third kappa shape index (κ3) is 53.8. The molecule has 0 aromatic rings. The predicted octanol–water partition coefficient (Wildman–Crippen LogP) is 18.9. The molecular weight excluding hydrogens is 827 g/mol. The molecule has 0 heterocycles. The summed E-state index contributed by atoms with van der Waals surface area (Å²) in [6.45, 7) is 4.94. The zero-order chi connectivity index (χ0) is 48.6. The molecular formula is C61H119NO5. The molecule has 0 aromatic carbocycles. The molecule has 6 nitrogen and oxygen atoms in total. The summed E-state index contributed by atoms with van der Waals surface area (Å²) in [7, 11) is 0. The molecule has 0 radical (unpaired) electrons. The van der Waals surface area contributed by atoms with Gasteiger partial charge in [-0.15, -0.1) is 0 Å². The molecule has 2 unspecified atom stereocenters. The first-order chi connectivity index (χ1) is 33.0. The van der Waals surface area contributed by atoms with Gasteiger partial charge in [-0.2, -0.15) is 0 Å². The van der Waals surface area contributed by atoms with Crippen LogP contribution in [0.5, 0.6) is 0 Å². The Morgan fingerprint density at radius 1 is 0.403 bits per heavy atom. The molecule has 0 rings (SSSR count). The molecule has 0 aliphatic rings. The molecule has 0 spiro atoms. The van der Waals surface area contributed by atoms with E-state index in [2.05, 4.69) is 31.3 Å². The van der Waals surface area contributed by atoms with Gasteiger partial charge in [0.15, 0.2) is 0 Å². The number of amides is 1. The van der Waals surface area contributed by atoms with Gasteiger partial charge in [-0.1, -0.05) is 289 Å². The lowest BCUT2D eigenvalue weighted by molar-refractivity contribution is -0.143. The van der Waals surface area contributed by atoms with Crippen LogP contribution in [0.3, 0.4) is 0 Å². The largest absolute Gasteiger partial charge is 0.466 e. The number of aliphatic hydroxyl groups is 2. The summed E-state index contributed by atoms with van der Waals surface area (Å²) >= 11 is 0. The van der Waals surface area contributed by atoms with Gasteiger partial charge in [-0.3, -0.25) is 9.59 Å². The number of hydrogen-bond donors (Lipinski definition) is 3. The van der Waals surface area contributed by atoms with Crippen molar-refractivity contribution in [1.82, 2.24) is 5.32 Å². The lowest BCUT2D eigenvalue weighted by Crippen LogP contribution is -2.45. The van der Waals surface area contributed by atoms with Crippen molar-refractivity contribution in [2.45, 2.75) is 353 Å². The molecule has 2 atom stereocenters. The second kappa shape index (κ2) is 57.2. The van der Waals surface area contributed by atoms with Crippen LogP contribution >= 0.6 is 0 Å². The number of hydrogen-bond acceptors (Lipinski definition) is 5. The number of ether oxygens (including phenoxy) is 1. The Hall–Kier alpha value is -1.40. The number of carbonyl (C=O) groups excluding carboxylic acids is 2. The van der Waals surface area contributed by atoms with Crippen LogP contribution in [0.4, 0.5) is 0 Å². The number of allylic oxidation sites excluding steroid dienone is 2. The molecule has 1 amide bonds. The van der Waals surface area contributed by atoms with E-state index in [1.807, 2.05) is 0 Å². The lowest BCUT2D eigenvalue weighted by atomic mass is 10.0. The van der Waals surface area contributed by atoms with Crippen LogP contribution in [0.25, 0.3) is 0 Å². The van der Waals surface area contributed by atoms with Crippen LogP contribution in [0.15, 0.2) is 12.2 Å². The lowest BCUT2D eigenvalue weighted by Gasteiger charge is -2.22. The number of nitrogens with one attached hydrogen (secondary N) is 1. The van der Waals surface area contributed by atoms with Gasteiger partial charge in [0, 0.05) is 12.8 Å². The highest BCUT2D eigenvalue weighted by Crippen LogP contribution is 2.18. The summed E-state index contributed by atoms with van der Waals surface area (Å²) in [4.78, 5) is 24.5. The minimum Gasteiger partial charge on any atom is -0.466 e. The summed E-state index contributed by atoms with van der Waals surface area (Å²) in [5.41, 5.74) is 0. The first kappa shape index (κ1) is 65.6. The molecule has 0 aromatic heterocycles. The molecule has 0 bridgehead atoms. The van der Waals surface area contributed by atoms with Gasteiger partial charge in [0.1, 0.15) is 0 Å². The van der Waals surface area contributed by atoms with Crippen LogP contribution in [-0.2, 0) is 14.3 Å². The average molecular weight is 947 g/mol. The van der Waals surface area contributed by atoms with E-state index in [-0.39, 0.29) is 18.5 Å². The van der Waals surface area contributed by atoms with Crippen LogP contribution in [-0.4, -0.2) is 47.4 Å². The Bertz CT molecular complexity index is 1000. The average Bonchev–Trinajstić information content (AvgIpc) is 3.33. The van der Waals surface area contributed by atoms with Gasteiger partial charge < -0.3 is 20.3 Å². The summed E-state index contributed by atoms with van der Waals surface area (Å²) in [5.74, 6) is -0.0242. The van der Waals surface area contributed by atoms with Gasteiger partial charge in [-0.25, -0.2) is 0 Å². The minimum atomic E-state index is -0.660. The second-order valence-corrected chi connectivity index (χ2v) is 21.0. The van der Waals surface area contributed by atoms with Crippen molar-refractivity contribution in [1.29, 1.82) is 0 Å². The molecule has 0 fully saturated rings. The number of unbranched alkanes of at least 4 members (excludes halogenated alkanes) is 44. The highest BCUT2D eigenvalue weighted by molar-refractivity contribution is 5.76. The summed E-state index contributed by atoms with van der Waals surface area (Å²) < 4.78 is 5.47. The number of carbonyl (C=O) groups is 2. The van der Waals surface area contributed by atoms with E-state index in [9.17, 15) is 19.8 Å². The fourth-order valence-electron chi connectivity index (χ4n) is 9.64. The van der Waals surface area contributed by atoms with Crippen LogP contribution in [0.2, 0.25) is 0 Å². The Morgan fingerprint density at radius 3 is 1.09 bits per heavy atom. The maximum atomic E-state index is 12.5. The second-order valence-electron chi connectivity index (χ2n) is 21.0. The monoisotopic (exact) mass is 946 g/mol. The highest BCUT2D eigenvalue weighted by Gasteiger charge is 2.20. The SMILES string of the molecule is CCCCC/C=C\CCCCCCCC(=O)OCCCCCCCCCCCCCCCCCCCCCCCCCCCCC(=O)NC(CO)C(O)CCCCCCCCCCCCCC. The Morgan fingerprint density at radius 2 is 0.701 bits per heavy atom. The van der Waals surface area contributed by atoms with E-state index in [1.165, 1.54) is 263 Å². The van der Waals surface area contributed by atoms with E-state index < -0.39 is 12.1 Å². The first-order valence-electron chi connectivity index (χ1n) is 30.4. The fourth-order valence-corrected chi connectivity index (χ4v) is 9.64. The maximum Gasteiger partial charge on any atom is 0.305 e. The number of rotatable bonds is 57. The van der Waals surface area contributed by atoms with Crippen molar-refractivity contribution in [2.24, 2.45) is 0 Å². The predicted molar refractivity (Wildman–Crippen MR) is 292 cm³/mol. The molecule has 0 aliphatic heterocycles. The van der Waals surface area contributed by atoms with Crippen LogP contribution in [0.1, 0.15) is 341 Å². The van der Waals surface area contributed by atoms with Gasteiger partial charge >= 0.3 is 5.97 Å². The van der Waals surface area contributed by atoms with Crippen molar-refractivity contribution >= 4 is 11.9 Å². The van der Waals surface area contributed by atoms with Gasteiger partial charge in [-0.05, 0) is 51.4 Å². The summed E-state index contributed by atoms with van der Waals surface area (Å²) in [6.07, 6.45) is 68.0. The van der Waals surface area contributed by atoms with E-state index >= 15 is 0 Å². The maximum absolute atomic E-state index is 12.5. The Labute approximate surface area is 419 Å². The first-order valence-corrected chi connectivity index (χ1v) is 30.4. The number of esters is 1. The van der Waals surface area contributed by atoms with Crippen molar-refractivity contribution < 1.29 is 24.5 Å². The highest BCUT2D eigenvalue weighted by atomic mass is 16.5. The molecule has 0 aliphatic carbocycles. The number of aliphatic hydroxyl groups excluding tert-OH is 2. The molecule has 0 saturated carbocycles. The molecule has 6 heteroatoms. The molecule has 0 saturated heterocycles. The third-order valence-corrected chi connectivity index (χ3v) is 14.3. The van der Waals surface area contributed by atoms with Gasteiger partial charge in [0.25, 0.3) is 0 Å². The topological polar surface area (TPSA) is 95.9 Å².